The number of hydrogen-bond acceptors (Lipinski definition) is 6. The van der Waals surface area contributed by atoms with Crippen molar-refractivity contribution in [2.24, 2.45) is 5.92 Å². The van der Waals surface area contributed by atoms with Crippen LogP contribution in [0.3, 0.4) is 0 Å². The standard InChI is InChI=1S/C16H19N3O3S2/c1-24(21,22)15-6-11-8-17-12(7-14(11)23-15)16(20)18-13-9-19-4-2-10(13)3-5-19/h6-8,10,13H,2-5,9H2,1H3,(H,18,20)/t13-/m0/s1. The molecule has 5 heterocycles. The van der Waals surface area contributed by atoms with Gasteiger partial charge in [-0.15, -0.1) is 11.3 Å². The summed E-state index contributed by atoms with van der Waals surface area (Å²) in [7, 11) is -3.24. The van der Waals surface area contributed by atoms with E-state index in [2.05, 4.69) is 15.2 Å². The summed E-state index contributed by atoms with van der Waals surface area (Å²) in [6.45, 7) is 3.17. The number of carbonyl (C=O) groups is 1. The molecule has 0 saturated carbocycles. The van der Waals surface area contributed by atoms with Gasteiger partial charge in [0.2, 0.25) is 0 Å². The maximum absolute atomic E-state index is 12.5. The number of nitrogens with zero attached hydrogens (tertiary/aromatic N) is 2. The number of amides is 1. The molecular weight excluding hydrogens is 346 g/mol. The number of pyridine rings is 1. The number of carbonyl (C=O) groups excluding carboxylic acids is 1. The topological polar surface area (TPSA) is 79.4 Å². The van der Waals surface area contributed by atoms with Crippen LogP contribution in [0, 0.1) is 5.92 Å². The van der Waals surface area contributed by atoms with Crippen LogP contribution >= 0.6 is 11.3 Å². The maximum Gasteiger partial charge on any atom is 0.270 e. The van der Waals surface area contributed by atoms with Crippen molar-refractivity contribution in [2.45, 2.75) is 23.1 Å². The number of hydrogen-bond donors (Lipinski definition) is 1. The molecule has 3 aliphatic rings. The molecule has 128 valence electrons. The number of aromatic nitrogens is 1. The molecule has 0 spiro atoms. The molecule has 3 fully saturated rings. The number of fused-ring (bicyclic) bond motifs is 4. The molecule has 0 aromatic carbocycles. The molecule has 24 heavy (non-hydrogen) atoms. The number of thiophene rings is 1. The predicted molar refractivity (Wildman–Crippen MR) is 93.1 cm³/mol. The highest BCUT2D eigenvalue weighted by atomic mass is 32.2. The minimum absolute atomic E-state index is 0.176. The molecule has 6 nitrogen and oxygen atoms in total. The Balaban J connectivity index is 1.56. The summed E-state index contributed by atoms with van der Waals surface area (Å²) in [6, 6.07) is 3.48. The molecular formula is C16H19N3O3S2. The molecule has 3 saturated heterocycles. The molecule has 2 aromatic heterocycles. The maximum atomic E-state index is 12.5. The molecule has 2 aromatic rings. The summed E-state index contributed by atoms with van der Waals surface area (Å²) in [5.74, 6) is 0.381. The number of rotatable bonds is 3. The number of nitrogens with one attached hydrogen (secondary N) is 1. The first kappa shape index (κ1) is 16.0. The van der Waals surface area contributed by atoms with E-state index in [-0.39, 0.29) is 11.9 Å². The van der Waals surface area contributed by atoms with E-state index in [9.17, 15) is 13.2 Å². The van der Waals surface area contributed by atoms with Crippen LogP contribution in [0.25, 0.3) is 10.1 Å². The molecule has 1 atom stereocenters. The molecule has 0 aliphatic carbocycles. The summed E-state index contributed by atoms with van der Waals surface area (Å²) in [4.78, 5) is 19.1. The predicted octanol–water partition coefficient (Wildman–Crippen LogP) is 1.52. The van der Waals surface area contributed by atoms with Crippen LogP contribution in [-0.4, -0.2) is 56.1 Å². The van der Waals surface area contributed by atoms with Gasteiger partial charge >= 0.3 is 0 Å². The minimum atomic E-state index is -3.24. The first-order chi connectivity index (χ1) is 11.4. The van der Waals surface area contributed by atoms with E-state index in [1.807, 2.05) is 0 Å². The van der Waals surface area contributed by atoms with E-state index in [1.54, 1.807) is 18.3 Å². The number of sulfone groups is 1. The lowest BCUT2D eigenvalue weighted by molar-refractivity contribution is 0.0618. The fraction of sp³-hybridized carbons (Fsp3) is 0.500. The van der Waals surface area contributed by atoms with E-state index >= 15 is 0 Å². The molecule has 8 heteroatoms. The fourth-order valence-electron chi connectivity index (χ4n) is 3.59. The summed E-state index contributed by atoms with van der Waals surface area (Å²) < 4.78 is 24.4. The SMILES string of the molecule is CS(=O)(=O)c1cc2cnc(C(=O)N[C@H]3CN4CCC3CC4)cc2s1. The second kappa shape index (κ2) is 5.79. The average Bonchev–Trinajstić information content (AvgIpc) is 2.99. The van der Waals surface area contributed by atoms with Crippen molar-refractivity contribution in [3.63, 3.8) is 0 Å². The van der Waals surface area contributed by atoms with Gasteiger partial charge in [0.15, 0.2) is 9.84 Å². The van der Waals surface area contributed by atoms with Crippen LogP contribution in [0.4, 0.5) is 0 Å². The van der Waals surface area contributed by atoms with Gasteiger partial charge in [-0.3, -0.25) is 9.78 Å². The molecule has 0 radical (unpaired) electrons. The first-order valence-electron chi connectivity index (χ1n) is 8.03. The summed E-state index contributed by atoms with van der Waals surface area (Å²) in [6.07, 6.45) is 5.04. The lowest BCUT2D eigenvalue weighted by atomic mass is 9.84. The van der Waals surface area contributed by atoms with E-state index in [0.29, 0.717) is 15.8 Å². The Labute approximate surface area is 144 Å². The molecule has 2 bridgehead atoms. The molecule has 3 aliphatic heterocycles. The van der Waals surface area contributed by atoms with Gasteiger partial charge in [0.1, 0.15) is 9.90 Å². The molecule has 0 unspecified atom stereocenters. The van der Waals surface area contributed by atoms with Gasteiger partial charge in [-0.2, -0.15) is 0 Å². The monoisotopic (exact) mass is 365 g/mol. The van der Waals surface area contributed by atoms with Crippen molar-refractivity contribution in [3.05, 3.63) is 24.0 Å². The molecule has 5 rings (SSSR count). The van der Waals surface area contributed by atoms with E-state index in [1.165, 1.54) is 17.6 Å². The smallest absolute Gasteiger partial charge is 0.270 e. The van der Waals surface area contributed by atoms with Crippen LogP contribution in [0.2, 0.25) is 0 Å². The highest BCUT2D eigenvalue weighted by molar-refractivity contribution is 7.92. The van der Waals surface area contributed by atoms with Crippen molar-refractivity contribution in [1.29, 1.82) is 0 Å². The zero-order valence-corrected chi connectivity index (χ0v) is 15.0. The summed E-state index contributed by atoms with van der Waals surface area (Å²) in [5, 5.41) is 3.86. The highest BCUT2D eigenvalue weighted by Crippen LogP contribution is 2.30. The quantitative estimate of drug-likeness (QED) is 0.892. The second-order valence-corrected chi connectivity index (χ2v) is 9.99. The van der Waals surface area contributed by atoms with Crippen molar-refractivity contribution in [3.8, 4) is 0 Å². The Morgan fingerprint density at radius 3 is 2.71 bits per heavy atom. The third-order valence-electron chi connectivity index (χ3n) is 4.95. The van der Waals surface area contributed by atoms with Crippen LogP contribution in [0.1, 0.15) is 23.3 Å². The van der Waals surface area contributed by atoms with Gasteiger partial charge < -0.3 is 10.2 Å². The van der Waals surface area contributed by atoms with Gasteiger partial charge in [0, 0.05) is 35.1 Å². The van der Waals surface area contributed by atoms with Gasteiger partial charge in [-0.1, -0.05) is 0 Å². The lowest BCUT2D eigenvalue weighted by Crippen LogP contribution is -2.57. The van der Waals surface area contributed by atoms with Crippen LogP contribution < -0.4 is 5.32 Å². The van der Waals surface area contributed by atoms with Gasteiger partial charge in [-0.25, -0.2) is 8.42 Å². The normalized spacial score (nSPS) is 26.6. The molecule has 1 amide bonds. The Bertz CT molecular complexity index is 898. The zero-order valence-electron chi connectivity index (χ0n) is 13.4. The van der Waals surface area contributed by atoms with Gasteiger partial charge in [-0.05, 0) is 44.0 Å². The van der Waals surface area contributed by atoms with Crippen molar-refractivity contribution < 1.29 is 13.2 Å². The van der Waals surface area contributed by atoms with E-state index in [4.69, 9.17) is 0 Å². The Morgan fingerprint density at radius 1 is 1.33 bits per heavy atom. The first-order valence-corrected chi connectivity index (χ1v) is 10.7. The summed E-state index contributed by atoms with van der Waals surface area (Å²) >= 11 is 1.18. The second-order valence-electron chi connectivity index (χ2n) is 6.66. The van der Waals surface area contributed by atoms with E-state index in [0.717, 1.165) is 42.6 Å². The lowest BCUT2D eigenvalue weighted by Gasteiger charge is -2.44. The number of piperidine rings is 3. The van der Waals surface area contributed by atoms with Crippen molar-refractivity contribution in [1.82, 2.24) is 15.2 Å². The Kier molecular flexibility index (Phi) is 3.85. The average molecular weight is 365 g/mol. The third kappa shape index (κ3) is 2.94. The Morgan fingerprint density at radius 2 is 2.08 bits per heavy atom. The van der Waals surface area contributed by atoms with Crippen molar-refractivity contribution >= 4 is 37.2 Å². The van der Waals surface area contributed by atoms with Gasteiger partial charge in [0.05, 0.1) is 0 Å². The van der Waals surface area contributed by atoms with Crippen molar-refractivity contribution in [2.75, 3.05) is 25.9 Å². The van der Waals surface area contributed by atoms with Gasteiger partial charge in [0.25, 0.3) is 5.91 Å². The largest absolute Gasteiger partial charge is 0.346 e. The fourth-order valence-corrected chi connectivity index (χ4v) is 5.61. The zero-order chi connectivity index (χ0) is 16.9. The van der Waals surface area contributed by atoms with Crippen LogP contribution in [0.15, 0.2) is 22.5 Å². The van der Waals surface area contributed by atoms with E-state index < -0.39 is 9.84 Å². The minimum Gasteiger partial charge on any atom is -0.346 e. The summed E-state index contributed by atoms with van der Waals surface area (Å²) in [5.41, 5.74) is 0.348. The Hall–Kier alpha value is -1.51. The van der Waals surface area contributed by atoms with Crippen LogP contribution in [-0.2, 0) is 9.84 Å². The van der Waals surface area contributed by atoms with Crippen LogP contribution in [0.5, 0.6) is 0 Å². The third-order valence-corrected chi connectivity index (χ3v) is 7.85. The molecule has 1 N–H and O–H groups in total. The highest BCUT2D eigenvalue weighted by Gasteiger charge is 2.35.